The van der Waals surface area contributed by atoms with Crippen molar-refractivity contribution in [3.05, 3.63) is 30.3 Å². The predicted molar refractivity (Wildman–Crippen MR) is 101 cm³/mol. The molecule has 1 aromatic rings. The molecule has 3 amide bonds. The maximum atomic E-state index is 12.7. The van der Waals surface area contributed by atoms with Gasteiger partial charge in [0, 0.05) is 36.9 Å². The fraction of sp³-hybridized carbons (Fsp3) is 0.600. The molecule has 2 bridgehead atoms. The molecule has 3 saturated heterocycles. The third-order valence-corrected chi connectivity index (χ3v) is 5.92. The van der Waals surface area contributed by atoms with Gasteiger partial charge < -0.3 is 20.9 Å². The molecule has 3 N–H and O–H groups in total. The summed E-state index contributed by atoms with van der Waals surface area (Å²) in [7, 11) is 0. The molecule has 6 nitrogen and oxygen atoms in total. The van der Waals surface area contributed by atoms with Crippen molar-refractivity contribution in [3.63, 3.8) is 0 Å². The fourth-order valence-corrected chi connectivity index (χ4v) is 4.59. The van der Waals surface area contributed by atoms with Crippen molar-refractivity contribution in [2.24, 2.45) is 5.92 Å². The Bertz CT molecular complexity index is 638. The van der Waals surface area contributed by atoms with Gasteiger partial charge in [0.15, 0.2) is 0 Å². The van der Waals surface area contributed by atoms with Crippen LogP contribution in [0.4, 0.5) is 10.5 Å². The Hall–Kier alpha value is -2.08. The topological polar surface area (TPSA) is 73.5 Å². The number of nitrogens with one attached hydrogen (secondary N) is 3. The predicted octanol–water partition coefficient (Wildman–Crippen LogP) is 2.33. The number of para-hydroxylation sites is 1. The van der Waals surface area contributed by atoms with Gasteiger partial charge in [-0.2, -0.15) is 0 Å². The smallest absolute Gasteiger partial charge is 0.321 e. The summed E-state index contributed by atoms with van der Waals surface area (Å²) in [6.45, 7) is 1.21. The number of hydrogen-bond acceptors (Lipinski definition) is 3. The van der Waals surface area contributed by atoms with Crippen LogP contribution in [0.3, 0.4) is 0 Å². The van der Waals surface area contributed by atoms with Crippen molar-refractivity contribution in [1.29, 1.82) is 0 Å². The van der Waals surface area contributed by atoms with E-state index in [2.05, 4.69) is 16.0 Å². The van der Waals surface area contributed by atoms with Gasteiger partial charge in [-0.1, -0.05) is 18.2 Å². The minimum atomic E-state index is -0.117. The summed E-state index contributed by atoms with van der Waals surface area (Å²) in [6.07, 6.45) is 6.26. The first-order valence-electron chi connectivity index (χ1n) is 9.85. The molecule has 0 radical (unpaired) electrons. The molecule has 140 valence electrons. The van der Waals surface area contributed by atoms with E-state index in [0.717, 1.165) is 31.4 Å². The van der Waals surface area contributed by atoms with E-state index in [4.69, 9.17) is 0 Å². The maximum absolute atomic E-state index is 12.7. The highest BCUT2D eigenvalue weighted by Gasteiger charge is 2.36. The lowest BCUT2D eigenvalue weighted by molar-refractivity contribution is -0.127. The van der Waals surface area contributed by atoms with Crippen molar-refractivity contribution in [3.8, 4) is 0 Å². The van der Waals surface area contributed by atoms with Crippen LogP contribution in [0.25, 0.3) is 0 Å². The van der Waals surface area contributed by atoms with E-state index < -0.39 is 0 Å². The minimum absolute atomic E-state index is 0.0992. The molecule has 3 atom stereocenters. The second kappa shape index (κ2) is 7.66. The number of rotatable bonds is 3. The number of likely N-dealkylation sites (tertiary alicyclic amines) is 1. The van der Waals surface area contributed by atoms with Gasteiger partial charge in [-0.3, -0.25) is 4.79 Å². The molecule has 4 rings (SSSR count). The standard InChI is InChI=1S/C20H28N4O2/c25-19(22-18-11-16-8-9-17(12-18)21-16)14-5-4-10-24(13-14)20(26)23-15-6-2-1-3-7-15/h1-3,6-7,14,16-18,21H,4-5,8-13H2,(H,22,25)(H,23,26). The Labute approximate surface area is 154 Å². The molecule has 26 heavy (non-hydrogen) atoms. The Morgan fingerprint density at radius 1 is 1.04 bits per heavy atom. The molecule has 1 aromatic carbocycles. The van der Waals surface area contributed by atoms with E-state index >= 15 is 0 Å². The Morgan fingerprint density at radius 2 is 1.77 bits per heavy atom. The molecule has 3 aliphatic heterocycles. The van der Waals surface area contributed by atoms with Crippen LogP contribution >= 0.6 is 0 Å². The van der Waals surface area contributed by atoms with Crippen LogP contribution in [-0.2, 0) is 4.79 Å². The number of hydrogen-bond donors (Lipinski definition) is 3. The number of nitrogens with zero attached hydrogens (tertiary/aromatic N) is 1. The largest absolute Gasteiger partial charge is 0.353 e. The van der Waals surface area contributed by atoms with Gasteiger partial charge in [-0.15, -0.1) is 0 Å². The van der Waals surface area contributed by atoms with Crippen LogP contribution in [0.2, 0.25) is 0 Å². The second-order valence-corrected chi connectivity index (χ2v) is 7.90. The van der Waals surface area contributed by atoms with Crippen LogP contribution < -0.4 is 16.0 Å². The van der Waals surface area contributed by atoms with Crippen molar-refractivity contribution in [1.82, 2.24) is 15.5 Å². The number of amides is 3. The zero-order valence-corrected chi connectivity index (χ0v) is 15.1. The quantitative estimate of drug-likeness (QED) is 0.778. The van der Waals surface area contributed by atoms with Crippen LogP contribution in [-0.4, -0.2) is 48.1 Å². The van der Waals surface area contributed by atoms with Crippen LogP contribution in [0, 0.1) is 5.92 Å². The molecule has 3 heterocycles. The monoisotopic (exact) mass is 356 g/mol. The van der Waals surface area contributed by atoms with Crippen LogP contribution in [0.5, 0.6) is 0 Å². The molecule has 0 aliphatic carbocycles. The van der Waals surface area contributed by atoms with Gasteiger partial charge >= 0.3 is 6.03 Å². The summed E-state index contributed by atoms with van der Waals surface area (Å²) in [6, 6.07) is 10.8. The maximum Gasteiger partial charge on any atom is 0.321 e. The Balaban J connectivity index is 1.30. The lowest BCUT2D eigenvalue weighted by Gasteiger charge is -2.34. The van der Waals surface area contributed by atoms with E-state index in [0.29, 0.717) is 25.2 Å². The third-order valence-electron chi connectivity index (χ3n) is 5.92. The molecular weight excluding hydrogens is 328 g/mol. The van der Waals surface area contributed by atoms with Gasteiger partial charge in [0.2, 0.25) is 5.91 Å². The zero-order valence-electron chi connectivity index (χ0n) is 15.1. The Morgan fingerprint density at radius 3 is 2.50 bits per heavy atom. The fourth-order valence-electron chi connectivity index (χ4n) is 4.59. The van der Waals surface area contributed by atoms with Gasteiger partial charge in [-0.25, -0.2) is 4.79 Å². The molecular formula is C20H28N4O2. The SMILES string of the molecule is O=C(NC1CC2CCC(C1)N2)C1CCCN(C(=O)Nc2ccccc2)C1. The number of piperidine rings is 2. The average Bonchev–Trinajstić information content (AvgIpc) is 3.01. The van der Waals surface area contributed by atoms with Crippen LogP contribution in [0.15, 0.2) is 30.3 Å². The molecule has 0 saturated carbocycles. The summed E-state index contributed by atoms with van der Waals surface area (Å²) in [4.78, 5) is 27.0. The molecule has 3 unspecified atom stereocenters. The first kappa shape index (κ1) is 17.3. The van der Waals surface area contributed by atoms with Crippen molar-refractivity contribution >= 4 is 17.6 Å². The number of anilines is 1. The van der Waals surface area contributed by atoms with Crippen molar-refractivity contribution in [2.45, 2.75) is 56.7 Å². The highest BCUT2D eigenvalue weighted by Crippen LogP contribution is 2.27. The first-order valence-corrected chi connectivity index (χ1v) is 9.85. The van der Waals surface area contributed by atoms with Gasteiger partial charge in [0.1, 0.15) is 0 Å². The van der Waals surface area contributed by atoms with Gasteiger partial charge in [-0.05, 0) is 50.7 Å². The van der Waals surface area contributed by atoms with Gasteiger partial charge in [0.25, 0.3) is 0 Å². The number of urea groups is 1. The van der Waals surface area contributed by atoms with E-state index in [-0.39, 0.29) is 23.9 Å². The minimum Gasteiger partial charge on any atom is -0.353 e. The summed E-state index contributed by atoms with van der Waals surface area (Å²) in [5.41, 5.74) is 0.786. The summed E-state index contributed by atoms with van der Waals surface area (Å²) < 4.78 is 0. The molecule has 6 heteroatoms. The lowest BCUT2D eigenvalue weighted by Crippen LogP contribution is -2.52. The van der Waals surface area contributed by atoms with E-state index in [1.54, 1.807) is 4.90 Å². The third kappa shape index (κ3) is 4.01. The van der Waals surface area contributed by atoms with Crippen molar-refractivity contribution < 1.29 is 9.59 Å². The number of benzene rings is 1. The normalized spacial score (nSPS) is 30.7. The van der Waals surface area contributed by atoms with E-state index in [1.165, 1.54) is 12.8 Å². The molecule has 0 aromatic heterocycles. The molecule has 0 spiro atoms. The second-order valence-electron chi connectivity index (χ2n) is 7.90. The van der Waals surface area contributed by atoms with E-state index in [9.17, 15) is 9.59 Å². The number of carbonyl (C=O) groups excluding carboxylic acids is 2. The highest BCUT2D eigenvalue weighted by molar-refractivity contribution is 5.90. The zero-order chi connectivity index (χ0) is 17.9. The van der Waals surface area contributed by atoms with Gasteiger partial charge in [0.05, 0.1) is 5.92 Å². The number of carbonyl (C=O) groups is 2. The van der Waals surface area contributed by atoms with Crippen LogP contribution in [0.1, 0.15) is 38.5 Å². The highest BCUT2D eigenvalue weighted by atomic mass is 16.2. The summed E-state index contributed by atoms with van der Waals surface area (Å²) in [5, 5.41) is 9.79. The molecule has 3 fully saturated rings. The molecule has 3 aliphatic rings. The summed E-state index contributed by atoms with van der Waals surface area (Å²) >= 11 is 0. The van der Waals surface area contributed by atoms with Crippen molar-refractivity contribution in [2.75, 3.05) is 18.4 Å². The lowest BCUT2D eigenvalue weighted by atomic mass is 9.95. The first-order chi connectivity index (χ1) is 12.7. The summed E-state index contributed by atoms with van der Waals surface area (Å²) in [5.74, 6) is 0.0197. The number of fused-ring (bicyclic) bond motifs is 2. The Kier molecular flexibility index (Phi) is 5.11. The van der Waals surface area contributed by atoms with E-state index in [1.807, 2.05) is 30.3 Å². The average molecular weight is 356 g/mol.